The quantitative estimate of drug-likeness (QED) is 0.671. The van der Waals surface area contributed by atoms with Crippen LogP contribution >= 0.6 is 0 Å². The van der Waals surface area contributed by atoms with E-state index in [9.17, 15) is 0 Å². The molecule has 0 N–H and O–H groups in total. The Balaban J connectivity index is 2.49. The Bertz CT molecular complexity index is 494. The van der Waals surface area contributed by atoms with E-state index < -0.39 is 0 Å². The second-order valence-electron chi connectivity index (χ2n) is 7.02. The average Bonchev–Trinajstić information content (AvgIpc) is 2.52. The van der Waals surface area contributed by atoms with Gasteiger partial charge in [-0.15, -0.1) is 0 Å². The number of para-hydroxylation sites is 1. The SMILES string of the molecule is CCCCC1=C(C)N(c2ccccc2)C(C)(C)C1(C)C. The van der Waals surface area contributed by atoms with Crippen molar-refractivity contribution in [2.75, 3.05) is 4.90 Å². The second-order valence-corrected chi connectivity index (χ2v) is 7.02. The van der Waals surface area contributed by atoms with Gasteiger partial charge in [0.25, 0.3) is 0 Å². The first-order valence-electron chi connectivity index (χ1n) is 7.89. The van der Waals surface area contributed by atoms with E-state index in [0.717, 1.165) is 0 Å². The van der Waals surface area contributed by atoms with Crippen molar-refractivity contribution in [3.63, 3.8) is 0 Å². The van der Waals surface area contributed by atoms with Gasteiger partial charge in [0.05, 0.1) is 0 Å². The van der Waals surface area contributed by atoms with Gasteiger partial charge in [-0.05, 0) is 51.3 Å². The molecule has 0 aromatic heterocycles. The summed E-state index contributed by atoms with van der Waals surface area (Å²) in [5.74, 6) is 0. The highest BCUT2D eigenvalue weighted by molar-refractivity contribution is 5.60. The number of allylic oxidation sites excluding steroid dienone is 1. The van der Waals surface area contributed by atoms with E-state index in [1.807, 2.05) is 0 Å². The van der Waals surface area contributed by atoms with Crippen LogP contribution in [-0.2, 0) is 0 Å². The molecule has 110 valence electrons. The Morgan fingerprint density at radius 1 is 1.00 bits per heavy atom. The molecular formula is C19H29N. The summed E-state index contributed by atoms with van der Waals surface area (Å²) in [7, 11) is 0. The third-order valence-corrected chi connectivity index (χ3v) is 5.41. The zero-order valence-corrected chi connectivity index (χ0v) is 14.0. The van der Waals surface area contributed by atoms with Crippen molar-refractivity contribution in [2.45, 2.75) is 66.3 Å². The van der Waals surface area contributed by atoms with Crippen LogP contribution in [0.15, 0.2) is 41.6 Å². The number of hydrogen-bond acceptors (Lipinski definition) is 1. The Morgan fingerprint density at radius 3 is 2.15 bits per heavy atom. The summed E-state index contributed by atoms with van der Waals surface area (Å²) in [6.07, 6.45) is 3.77. The molecule has 1 heterocycles. The van der Waals surface area contributed by atoms with Crippen molar-refractivity contribution < 1.29 is 0 Å². The van der Waals surface area contributed by atoms with Gasteiger partial charge >= 0.3 is 0 Å². The molecule has 0 unspecified atom stereocenters. The van der Waals surface area contributed by atoms with Crippen LogP contribution in [0.5, 0.6) is 0 Å². The van der Waals surface area contributed by atoms with E-state index in [1.54, 1.807) is 5.57 Å². The van der Waals surface area contributed by atoms with Crippen LogP contribution in [-0.4, -0.2) is 5.54 Å². The van der Waals surface area contributed by atoms with E-state index in [0.29, 0.717) is 0 Å². The molecule has 0 fully saturated rings. The molecule has 1 nitrogen and oxygen atoms in total. The molecule has 0 saturated heterocycles. The van der Waals surface area contributed by atoms with Crippen molar-refractivity contribution in [2.24, 2.45) is 5.41 Å². The van der Waals surface area contributed by atoms with E-state index in [4.69, 9.17) is 0 Å². The molecule has 0 radical (unpaired) electrons. The van der Waals surface area contributed by atoms with Crippen molar-refractivity contribution in [1.82, 2.24) is 0 Å². The second kappa shape index (κ2) is 5.27. The number of rotatable bonds is 4. The lowest BCUT2D eigenvalue weighted by Gasteiger charge is -2.44. The zero-order valence-electron chi connectivity index (χ0n) is 14.0. The maximum Gasteiger partial charge on any atom is 0.0480 e. The van der Waals surface area contributed by atoms with Crippen LogP contribution in [0.4, 0.5) is 5.69 Å². The molecule has 0 bridgehead atoms. The lowest BCUT2D eigenvalue weighted by molar-refractivity contribution is 0.267. The van der Waals surface area contributed by atoms with Crippen LogP contribution < -0.4 is 4.90 Å². The van der Waals surface area contributed by atoms with Crippen molar-refractivity contribution in [1.29, 1.82) is 0 Å². The molecule has 20 heavy (non-hydrogen) atoms. The summed E-state index contributed by atoms with van der Waals surface area (Å²) in [6.45, 7) is 14.1. The van der Waals surface area contributed by atoms with Gasteiger partial charge in [-0.1, -0.05) is 45.4 Å². The molecule has 1 aromatic rings. The molecule has 1 heteroatoms. The fraction of sp³-hybridized carbons (Fsp3) is 0.579. The Morgan fingerprint density at radius 2 is 1.60 bits per heavy atom. The van der Waals surface area contributed by atoms with Crippen LogP contribution in [0.25, 0.3) is 0 Å². The fourth-order valence-corrected chi connectivity index (χ4v) is 3.60. The van der Waals surface area contributed by atoms with Crippen LogP contribution in [0.3, 0.4) is 0 Å². The molecule has 2 rings (SSSR count). The normalized spacial score (nSPS) is 20.6. The first kappa shape index (κ1) is 15.2. The fourth-order valence-electron chi connectivity index (χ4n) is 3.60. The minimum absolute atomic E-state index is 0.113. The highest BCUT2D eigenvalue weighted by atomic mass is 15.2. The van der Waals surface area contributed by atoms with Crippen molar-refractivity contribution in [3.05, 3.63) is 41.6 Å². The number of nitrogens with zero attached hydrogens (tertiary/aromatic N) is 1. The lowest BCUT2D eigenvalue weighted by Crippen LogP contribution is -2.48. The van der Waals surface area contributed by atoms with E-state index >= 15 is 0 Å². The third kappa shape index (κ3) is 2.17. The van der Waals surface area contributed by atoms with Gasteiger partial charge in [-0.2, -0.15) is 0 Å². The van der Waals surface area contributed by atoms with E-state index in [2.05, 4.69) is 76.8 Å². The maximum atomic E-state index is 2.54. The van der Waals surface area contributed by atoms with Gasteiger partial charge in [0.1, 0.15) is 0 Å². The minimum atomic E-state index is 0.113. The number of benzene rings is 1. The van der Waals surface area contributed by atoms with Crippen LogP contribution in [0.1, 0.15) is 60.8 Å². The van der Waals surface area contributed by atoms with Crippen LogP contribution in [0.2, 0.25) is 0 Å². The number of unbranched alkanes of at least 4 members (excludes halogenated alkanes) is 1. The molecule has 0 amide bonds. The molecular weight excluding hydrogens is 242 g/mol. The zero-order chi connectivity index (χ0) is 15.0. The molecule has 0 atom stereocenters. The summed E-state index contributed by atoms with van der Waals surface area (Å²) in [5, 5.41) is 0. The van der Waals surface area contributed by atoms with Gasteiger partial charge in [-0.3, -0.25) is 0 Å². The van der Waals surface area contributed by atoms with Gasteiger partial charge in [0.2, 0.25) is 0 Å². The van der Waals surface area contributed by atoms with Gasteiger partial charge in [0, 0.05) is 22.3 Å². The highest BCUT2D eigenvalue weighted by Gasteiger charge is 2.50. The Kier molecular flexibility index (Phi) is 4.00. The van der Waals surface area contributed by atoms with Crippen LogP contribution in [0, 0.1) is 5.41 Å². The standard InChI is InChI=1S/C19H29N/c1-7-8-14-17-15(2)20(16-12-10-9-11-13-16)19(5,6)18(17,3)4/h9-13H,7-8,14H2,1-6H3. The predicted molar refractivity (Wildman–Crippen MR) is 89.0 cm³/mol. The van der Waals surface area contributed by atoms with E-state index in [-0.39, 0.29) is 11.0 Å². The number of hydrogen-bond donors (Lipinski definition) is 0. The van der Waals surface area contributed by atoms with Crippen molar-refractivity contribution >= 4 is 5.69 Å². The highest BCUT2D eigenvalue weighted by Crippen LogP contribution is 2.53. The molecule has 1 aliphatic rings. The van der Waals surface area contributed by atoms with E-state index in [1.165, 1.54) is 30.6 Å². The number of anilines is 1. The summed E-state index contributed by atoms with van der Waals surface area (Å²) in [4.78, 5) is 2.54. The van der Waals surface area contributed by atoms with Gasteiger partial charge in [-0.25, -0.2) is 0 Å². The third-order valence-electron chi connectivity index (χ3n) is 5.41. The summed E-state index contributed by atoms with van der Waals surface area (Å²) in [5.41, 5.74) is 4.73. The summed E-state index contributed by atoms with van der Waals surface area (Å²) >= 11 is 0. The first-order chi connectivity index (χ1) is 9.34. The Hall–Kier alpha value is -1.24. The molecule has 0 aliphatic carbocycles. The van der Waals surface area contributed by atoms with Crippen molar-refractivity contribution in [3.8, 4) is 0 Å². The van der Waals surface area contributed by atoms with Gasteiger partial charge < -0.3 is 4.90 Å². The smallest absolute Gasteiger partial charge is 0.0480 e. The average molecular weight is 271 g/mol. The molecule has 0 saturated carbocycles. The molecule has 0 spiro atoms. The summed E-state index contributed by atoms with van der Waals surface area (Å²) in [6, 6.07) is 10.8. The largest absolute Gasteiger partial charge is 0.339 e. The maximum absolute atomic E-state index is 2.54. The molecule has 1 aliphatic heterocycles. The first-order valence-corrected chi connectivity index (χ1v) is 7.89. The lowest BCUT2D eigenvalue weighted by atomic mass is 9.70. The monoisotopic (exact) mass is 271 g/mol. The minimum Gasteiger partial charge on any atom is -0.339 e. The summed E-state index contributed by atoms with van der Waals surface area (Å²) < 4.78 is 0. The predicted octanol–water partition coefficient (Wildman–Crippen LogP) is 5.78. The molecule has 1 aromatic carbocycles. The van der Waals surface area contributed by atoms with Gasteiger partial charge in [0.15, 0.2) is 0 Å². The Labute approximate surface area is 124 Å². The topological polar surface area (TPSA) is 3.24 Å².